The van der Waals surface area contributed by atoms with E-state index in [9.17, 15) is 0 Å². The maximum atomic E-state index is 2.76. The van der Waals surface area contributed by atoms with Gasteiger partial charge >= 0.3 is 0 Å². The van der Waals surface area contributed by atoms with Crippen molar-refractivity contribution in [2.24, 2.45) is 5.41 Å². The average Bonchev–Trinajstić information content (AvgIpc) is 2.89. The topological polar surface area (TPSA) is 6.48 Å². The number of nitrogens with zero attached hydrogens (tertiary/aromatic N) is 2. The molecule has 2 heterocycles. The monoisotopic (exact) mass is 314 g/mol. The van der Waals surface area contributed by atoms with Gasteiger partial charge in [-0.25, -0.2) is 0 Å². The van der Waals surface area contributed by atoms with Crippen molar-refractivity contribution < 1.29 is 0 Å². The van der Waals surface area contributed by atoms with Crippen molar-refractivity contribution in [1.82, 2.24) is 9.80 Å². The van der Waals surface area contributed by atoms with Crippen LogP contribution in [0.1, 0.15) is 57.9 Å². The SMILES string of the molecule is CC(CC(C)(C)N1CCC2(CCN(C)C2)CC1)c1ccccc1. The van der Waals surface area contributed by atoms with Gasteiger partial charge in [-0.15, -0.1) is 0 Å². The van der Waals surface area contributed by atoms with E-state index in [1.54, 1.807) is 0 Å². The van der Waals surface area contributed by atoms with Crippen molar-refractivity contribution in [3.8, 4) is 0 Å². The molecule has 0 amide bonds. The van der Waals surface area contributed by atoms with Crippen LogP contribution in [0.4, 0.5) is 0 Å². The summed E-state index contributed by atoms with van der Waals surface area (Å²) in [5.41, 5.74) is 2.40. The van der Waals surface area contributed by atoms with Crippen molar-refractivity contribution in [2.75, 3.05) is 33.2 Å². The van der Waals surface area contributed by atoms with Crippen molar-refractivity contribution in [1.29, 1.82) is 0 Å². The summed E-state index contributed by atoms with van der Waals surface area (Å²) < 4.78 is 0. The minimum Gasteiger partial charge on any atom is -0.306 e. The van der Waals surface area contributed by atoms with Gasteiger partial charge in [0.2, 0.25) is 0 Å². The Labute approximate surface area is 142 Å². The number of benzene rings is 1. The van der Waals surface area contributed by atoms with Crippen LogP contribution in [0.2, 0.25) is 0 Å². The van der Waals surface area contributed by atoms with Crippen molar-refractivity contribution in [3.05, 3.63) is 35.9 Å². The van der Waals surface area contributed by atoms with E-state index in [0.29, 0.717) is 16.9 Å². The Kier molecular flexibility index (Phi) is 4.85. The lowest BCUT2D eigenvalue weighted by atomic mass is 9.76. The molecule has 0 bridgehead atoms. The zero-order valence-electron chi connectivity index (χ0n) is 15.5. The molecule has 1 aromatic carbocycles. The van der Waals surface area contributed by atoms with Crippen LogP contribution in [-0.2, 0) is 0 Å². The molecular formula is C21H34N2. The molecule has 3 rings (SSSR count). The summed E-state index contributed by atoms with van der Waals surface area (Å²) in [6, 6.07) is 11.0. The van der Waals surface area contributed by atoms with Crippen molar-refractivity contribution >= 4 is 0 Å². The second kappa shape index (κ2) is 6.57. The van der Waals surface area contributed by atoms with Crippen LogP contribution < -0.4 is 0 Å². The summed E-state index contributed by atoms with van der Waals surface area (Å²) in [6.45, 7) is 12.5. The Morgan fingerprint density at radius 2 is 1.65 bits per heavy atom. The molecule has 1 spiro atoms. The minimum absolute atomic E-state index is 0.293. The van der Waals surface area contributed by atoms with Gasteiger partial charge in [-0.05, 0) is 83.1 Å². The average molecular weight is 315 g/mol. The van der Waals surface area contributed by atoms with Gasteiger partial charge in [0.1, 0.15) is 0 Å². The van der Waals surface area contributed by atoms with Gasteiger partial charge in [-0.1, -0.05) is 37.3 Å². The van der Waals surface area contributed by atoms with Gasteiger partial charge < -0.3 is 4.90 Å². The molecule has 0 saturated carbocycles. The lowest BCUT2D eigenvalue weighted by Crippen LogP contribution is -2.51. The fourth-order valence-electron chi connectivity index (χ4n) is 4.93. The van der Waals surface area contributed by atoms with E-state index < -0.39 is 0 Å². The first-order chi connectivity index (χ1) is 10.9. The van der Waals surface area contributed by atoms with Crippen molar-refractivity contribution in [3.63, 3.8) is 0 Å². The van der Waals surface area contributed by atoms with Gasteiger partial charge in [-0.3, -0.25) is 4.90 Å². The number of hydrogen-bond donors (Lipinski definition) is 0. The molecule has 0 N–H and O–H groups in total. The standard InChI is InChI=1S/C21H34N2/c1-18(19-8-6-5-7-9-19)16-20(2,3)23-14-11-21(12-15-23)10-13-22(4)17-21/h5-9,18H,10-17H2,1-4H3. The molecule has 1 aromatic rings. The van der Waals surface area contributed by atoms with Crippen LogP contribution in [0.25, 0.3) is 0 Å². The van der Waals surface area contributed by atoms with Crippen LogP contribution in [0, 0.1) is 5.41 Å². The van der Waals surface area contributed by atoms with Gasteiger partial charge in [0.25, 0.3) is 0 Å². The predicted molar refractivity (Wildman–Crippen MR) is 98.9 cm³/mol. The Balaban J connectivity index is 1.58. The van der Waals surface area contributed by atoms with Gasteiger partial charge in [0, 0.05) is 12.1 Å². The molecular weight excluding hydrogens is 280 g/mol. The maximum absolute atomic E-state index is 2.76. The molecule has 2 aliphatic rings. The molecule has 2 saturated heterocycles. The third-order valence-corrected chi connectivity index (χ3v) is 6.48. The molecule has 1 unspecified atom stereocenters. The van der Waals surface area contributed by atoms with Gasteiger partial charge in [0.15, 0.2) is 0 Å². The highest BCUT2D eigenvalue weighted by atomic mass is 15.2. The quantitative estimate of drug-likeness (QED) is 0.814. The fraction of sp³-hybridized carbons (Fsp3) is 0.714. The van der Waals surface area contributed by atoms with E-state index in [2.05, 4.69) is 68.0 Å². The second-order valence-corrected chi connectivity index (χ2v) is 8.80. The third-order valence-electron chi connectivity index (χ3n) is 6.48. The normalized spacial score (nSPS) is 24.2. The van der Waals surface area contributed by atoms with E-state index in [1.165, 1.54) is 57.4 Å². The predicted octanol–water partition coefficient (Wildman–Crippen LogP) is 4.38. The highest BCUT2D eigenvalue weighted by Crippen LogP contribution is 2.42. The zero-order valence-corrected chi connectivity index (χ0v) is 15.5. The molecule has 0 aliphatic carbocycles. The van der Waals surface area contributed by atoms with Gasteiger partial charge in [0.05, 0.1) is 0 Å². The Morgan fingerprint density at radius 3 is 2.22 bits per heavy atom. The lowest BCUT2D eigenvalue weighted by molar-refractivity contribution is 0.0309. The largest absolute Gasteiger partial charge is 0.306 e. The highest BCUT2D eigenvalue weighted by Gasteiger charge is 2.42. The molecule has 0 radical (unpaired) electrons. The van der Waals surface area contributed by atoms with Crippen LogP contribution in [0.3, 0.4) is 0 Å². The molecule has 128 valence electrons. The van der Waals surface area contributed by atoms with Crippen LogP contribution in [0.15, 0.2) is 30.3 Å². The number of rotatable bonds is 4. The van der Waals surface area contributed by atoms with Crippen LogP contribution >= 0.6 is 0 Å². The molecule has 1 atom stereocenters. The van der Waals surface area contributed by atoms with E-state index in [0.717, 1.165) is 0 Å². The minimum atomic E-state index is 0.293. The number of hydrogen-bond acceptors (Lipinski definition) is 2. The first-order valence-corrected chi connectivity index (χ1v) is 9.39. The first kappa shape index (κ1) is 17.0. The first-order valence-electron chi connectivity index (χ1n) is 9.39. The number of piperidine rings is 1. The van der Waals surface area contributed by atoms with E-state index >= 15 is 0 Å². The smallest absolute Gasteiger partial charge is 0.0158 e. The molecule has 2 fully saturated rings. The summed E-state index contributed by atoms with van der Waals surface area (Å²) in [5, 5.41) is 0. The summed E-state index contributed by atoms with van der Waals surface area (Å²) in [4.78, 5) is 5.29. The van der Waals surface area contributed by atoms with E-state index in [1.807, 2.05) is 0 Å². The van der Waals surface area contributed by atoms with Gasteiger partial charge in [-0.2, -0.15) is 0 Å². The zero-order chi connectivity index (χ0) is 16.5. The summed E-state index contributed by atoms with van der Waals surface area (Å²) >= 11 is 0. The maximum Gasteiger partial charge on any atom is 0.0158 e. The summed E-state index contributed by atoms with van der Waals surface area (Å²) in [5.74, 6) is 0.625. The second-order valence-electron chi connectivity index (χ2n) is 8.80. The highest BCUT2D eigenvalue weighted by molar-refractivity contribution is 5.19. The molecule has 0 aromatic heterocycles. The Hall–Kier alpha value is -0.860. The Morgan fingerprint density at radius 1 is 1.04 bits per heavy atom. The number of likely N-dealkylation sites (tertiary alicyclic amines) is 2. The lowest BCUT2D eigenvalue weighted by Gasteiger charge is -2.47. The third kappa shape index (κ3) is 3.80. The van der Waals surface area contributed by atoms with E-state index in [-0.39, 0.29) is 0 Å². The van der Waals surface area contributed by atoms with Crippen LogP contribution in [-0.4, -0.2) is 48.6 Å². The molecule has 23 heavy (non-hydrogen) atoms. The van der Waals surface area contributed by atoms with Crippen molar-refractivity contribution in [2.45, 2.75) is 57.9 Å². The summed E-state index contributed by atoms with van der Waals surface area (Å²) in [6.07, 6.45) is 5.43. The summed E-state index contributed by atoms with van der Waals surface area (Å²) in [7, 11) is 2.28. The molecule has 2 aliphatic heterocycles. The van der Waals surface area contributed by atoms with Crippen LogP contribution in [0.5, 0.6) is 0 Å². The fourth-order valence-corrected chi connectivity index (χ4v) is 4.93. The molecule has 2 heteroatoms. The van der Waals surface area contributed by atoms with E-state index in [4.69, 9.17) is 0 Å². The molecule has 2 nitrogen and oxygen atoms in total. The Bertz CT molecular complexity index is 500.